The standard InChI is InChI=1S/C25H35N7O4/c1-4-13-30-23(34)22-25(5-2,31(24(30)35)14-12-21-26-18-27-36-21)28-20(17-19-10-8-7-9-11-19)32(22)29(6-3)15-16-33/h7-11,18,22,33H,4-6,12-17H2,1-3H3. The van der Waals surface area contributed by atoms with Crippen molar-refractivity contribution in [2.24, 2.45) is 4.99 Å². The number of fused-ring (bicyclic) bond motifs is 1. The molecule has 11 heteroatoms. The molecule has 1 aromatic heterocycles. The second kappa shape index (κ2) is 11.2. The molecular formula is C25H35N7O4. The van der Waals surface area contributed by atoms with Gasteiger partial charge in [0, 0.05) is 39.0 Å². The van der Waals surface area contributed by atoms with E-state index in [2.05, 4.69) is 10.1 Å². The van der Waals surface area contributed by atoms with Gasteiger partial charge in [0.15, 0.2) is 18.0 Å². The van der Waals surface area contributed by atoms with Crippen molar-refractivity contribution in [3.63, 3.8) is 0 Å². The number of aliphatic hydroxyl groups is 1. The van der Waals surface area contributed by atoms with Crippen LogP contribution in [0.1, 0.15) is 45.1 Å². The van der Waals surface area contributed by atoms with E-state index in [0.29, 0.717) is 57.0 Å². The molecule has 0 spiro atoms. The highest BCUT2D eigenvalue weighted by Gasteiger charge is 2.62. The van der Waals surface area contributed by atoms with Gasteiger partial charge in [0.2, 0.25) is 5.89 Å². The van der Waals surface area contributed by atoms with Gasteiger partial charge in [0.05, 0.1) is 6.61 Å². The van der Waals surface area contributed by atoms with Crippen LogP contribution in [0.4, 0.5) is 4.79 Å². The van der Waals surface area contributed by atoms with Crippen molar-refractivity contribution in [3.05, 3.63) is 48.1 Å². The van der Waals surface area contributed by atoms with Crippen LogP contribution in [0.15, 0.2) is 46.2 Å². The predicted octanol–water partition coefficient (Wildman–Crippen LogP) is 1.95. The van der Waals surface area contributed by atoms with Gasteiger partial charge < -0.3 is 9.63 Å². The van der Waals surface area contributed by atoms with Crippen molar-refractivity contribution in [2.75, 3.05) is 32.8 Å². The number of hydrazine groups is 1. The number of aliphatic imine (C=N–C) groups is 1. The number of amidine groups is 1. The zero-order valence-corrected chi connectivity index (χ0v) is 21.2. The van der Waals surface area contributed by atoms with Gasteiger partial charge in [-0.25, -0.2) is 14.8 Å². The van der Waals surface area contributed by atoms with Crippen LogP contribution in [0.2, 0.25) is 0 Å². The summed E-state index contributed by atoms with van der Waals surface area (Å²) in [7, 11) is 0. The van der Waals surface area contributed by atoms with E-state index < -0.39 is 11.7 Å². The summed E-state index contributed by atoms with van der Waals surface area (Å²) < 4.78 is 5.18. The molecule has 4 rings (SSSR count). The Morgan fingerprint density at radius 1 is 1.14 bits per heavy atom. The lowest BCUT2D eigenvalue weighted by molar-refractivity contribution is -0.151. The monoisotopic (exact) mass is 497 g/mol. The van der Waals surface area contributed by atoms with E-state index >= 15 is 0 Å². The average Bonchev–Trinajstić information content (AvgIpc) is 3.52. The van der Waals surface area contributed by atoms with Gasteiger partial charge in [0.25, 0.3) is 5.91 Å². The van der Waals surface area contributed by atoms with Gasteiger partial charge >= 0.3 is 6.03 Å². The fourth-order valence-electron chi connectivity index (χ4n) is 5.20. The van der Waals surface area contributed by atoms with Crippen LogP contribution in [0.3, 0.4) is 0 Å². The van der Waals surface area contributed by atoms with Crippen LogP contribution >= 0.6 is 0 Å². The number of amides is 3. The quantitative estimate of drug-likeness (QED) is 0.473. The number of aliphatic hydroxyl groups excluding tert-OH is 1. The second-order valence-electron chi connectivity index (χ2n) is 8.95. The molecule has 2 aliphatic heterocycles. The largest absolute Gasteiger partial charge is 0.395 e. The van der Waals surface area contributed by atoms with Crippen molar-refractivity contribution >= 4 is 17.8 Å². The lowest BCUT2D eigenvalue weighted by Crippen LogP contribution is -2.74. The van der Waals surface area contributed by atoms with Gasteiger partial charge in [-0.1, -0.05) is 56.3 Å². The number of urea groups is 1. The first-order chi connectivity index (χ1) is 17.5. The maximum absolute atomic E-state index is 14.0. The van der Waals surface area contributed by atoms with Gasteiger partial charge in [-0.2, -0.15) is 4.98 Å². The summed E-state index contributed by atoms with van der Waals surface area (Å²) >= 11 is 0. The van der Waals surface area contributed by atoms with Gasteiger partial charge in [-0.3, -0.25) is 19.6 Å². The molecule has 1 aromatic carbocycles. The van der Waals surface area contributed by atoms with E-state index in [9.17, 15) is 14.7 Å². The smallest absolute Gasteiger partial charge is 0.328 e. The van der Waals surface area contributed by atoms with E-state index in [4.69, 9.17) is 9.52 Å². The van der Waals surface area contributed by atoms with Crippen molar-refractivity contribution in [3.8, 4) is 0 Å². The number of rotatable bonds is 12. The molecule has 1 fully saturated rings. The number of benzene rings is 1. The van der Waals surface area contributed by atoms with E-state index in [1.165, 1.54) is 11.2 Å². The molecule has 1 N–H and O–H groups in total. The van der Waals surface area contributed by atoms with E-state index in [0.717, 1.165) is 5.56 Å². The van der Waals surface area contributed by atoms with Crippen LogP contribution in [0.25, 0.3) is 0 Å². The average molecular weight is 498 g/mol. The third-order valence-corrected chi connectivity index (χ3v) is 6.86. The Morgan fingerprint density at radius 2 is 1.92 bits per heavy atom. The van der Waals surface area contributed by atoms with Crippen LogP contribution in [-0.4, -0.2) is 97.3 Å². The molecule has 0 bridgehead atoms. The lowest BCUT2D eigenvalue weighted by Gasteiger charge is -2.51. The third-order valence-electron chi connectivity index (χ3n) is 6.86. The Labute approximate surface area is 211 Å². The first-order valence-corrected chi connectivity index (χ1v) is 12.7. The molecule has 2 aromatic rings. The van der Waals surface area contributed by atoms with Crippen LogP contribution in [0, 0.1) is 0 Å². The summed E-state index contributed by atoms with van der Waals surface area (Å²) in [6, 6.07) is 8.85. The maximum Gasteiger partial charge on any atom is 0.328 e. The molecule has 11 nitrogen and oxygen atoms in total. The Morgan fingerprint density at radius 3 is 2.53 bits per heavy atom. The highest BCUT2D eigenvalue weighted by Crippen LogP contribution is 2.41. The van der Waals surface area contributed by atoms with Crippen LogP contribution in [-0.2, 0) is 17.6 Å². The maximum atomic E-state index is 14.0. The number of hydrogen-bond acceptors (Lipinski definition) is 9. The molecule has 2 atom stereocenters. The Hall–Kier alpha value is -3.31. The minimum Gasteiger partial charge on any atom is -0.395 e. The molecule has 3 heterocycles. The predicted molar refractivity (Wildman–Crippen MR) is 133 cm³/mol. The highest BCUT2D eigenvalue weighted by molar-refractivity contribution is 6.05. The Balaban J connectivity index is 1.82. The molecule has 0 saturated carbocycles. The highest BCUT2D eigenvalue weighted by atomic mass is 16.5. The minimum atomic E-state index is -1.09. The molecule has 36 heavy (non-hydrogen) atoms. The summed E-state index contributed by atoms with van der Waals surface area (Å²) in [5.41, 5.74) is -0.0430. The van der Waals surface area contributed by atoms with E-state index in [1.54, 1.807) is 4.90 Å². The molecule has 2 aliphatic rings. The zero-order valence-electron chi connectivity index (χ0n) is 21.2. The van der Waals surface area contributed by atoms with Gasteiger partial charge in [0.1, 0.15) is 5.84 Å². The molecule has 0 aliphatic carbocycles. The number of carbonyl (C=O) groups excluding carboxylic acids is 2. The molecule has 1 saturated heterocycles. The summed E-state index contributed by atoms with van der Waals surface area (Å²) in [5, 5.41) is 17.4. The van der Waals surface area contributed by atoms with Crippen molar-refractivity contribution in [1.82, 2.24) is 30.0 Å². The number of aromatic nitrogens is 2. The molecule has 3 amide bonds. The number of hydrogen-bond donors (Lipinski definition) is 1. The lowest BCUT2D eigenvalue weighted by atomic mass is 9.92. The summed E-state index contributed by atoms with van der Waals surface area (Å²) in [6.07, 6.45) is 3.27. The van der Waals surface area contributed by atoms with Gasteiger partial charge in [-0.05, 0) is 18.4 Å². The van der Waals surface area contributed by atoms with Crippen LogP contribution in [0.5, 0.6) is 0 Å². The summed E-state index contributed by atoms with van der Waals surface area (Å²) in [6.45, 7) is 7.33. The van der Waals surface area contributed by atoms with Crippen LogP contribution < -0.4 is 0 Å². The van der Waals surface area contributed by atoms with Crippen molar-refractivity contribution in [2.45, 2.75) is 58.2 Å². The summed E-state index contributed by atoms with van der Waals surface area (Å²) in [5.74, 6) is 0.856. The number of likely N-dealkylation sites (N-methyl/N-ethyl adjacent to an activating group) is 1. The summed E-state index contributed by atoms with van der Waals surface area (Å²) in [4.78, 5) is 40.1. The number of carbonyl (C=O) groups is 2. The molecule has 0 radical (unpaired) electrons. The third kappa shape index (κ3) is 4.60. The molecular weight excluding hydrogens is 462 g/mol. The van der Waals surface area contributed by atoms with E-state index in [1.807, 2.05) is 61.1 Å². The SMILES string of the molecule is CCCN1C(=O)C2N(N(CC)CCO)C(Cc3ccccc3)=NC2(CC)N(CCc2ncno2)C1=O. The topological polar surface area (TPSA) is 119 Å². The first kappa shape index (κ1) is 25.8. The normalized spacial score (nSPS) is 22.0. The van der Waals surface area contributed by atoms with Gasteiger partial charge in [-0.15, -0.1) is 0 Å². The number of nitrogens with zero attached hydrogens (tertiary/aromatic N) is 7. The first-order valence-electron chi connectivity index (χ1n) is 12.7. The zero-order chi connectivity index (χ0) is 25.7. The fourth-order valence-corrected chi connectivity index (χ4v) is 5.20. The Kier molecular flexibility index (Phi) is 8.00. The van der Waals surface area contributed by atoms with Crippen molar-refractivity contribution in [1.29, 1.82) is 0 Å². The fraction of sp³-hybridized carbons (Fsp3) is 0.560. The Bertz CT molecular complexity index is 1060. The minimum absolute atomic E-state index is 0.0680. The molecule has 194 valence electrons. The number of imide groups is 1. The second-order valence-corrected chi connectivity index (χ2v) is 8.95. The van der Waals surface area contributed by atoms with Crippen molar-refractivity contribution < 1.29 is 19.2 Å². The van der Waals surface area contributed by atoms with E-state index in [-0.39, 0.29) is 25.1 Å². The molecule has 2 unspecified atom stereocenters.